The zero-order valence-electron chi connectivity index (χ0n) is 10.8. The summed E-state index contributed by atoms with van der Waals surface area (Å²) in [6, 6.07) is 1.17. The lowest BCUT2D eigenvalue weighted by Gasteiger charge is -2.40. The molecule has 0 aliphatic carbocycles. The third-order valence-electron chi connectivity index (χ3n) is 4.04. The largest absolute Gasteiger partial charge is 0.466 e. The number of hydrogen-bond donors (Lipinski definition) is 1. The van der Waals surface area contributed by atoms with Crippen molar-refractivity contribution in [2.75, 3.05) is 6.61 Å². The fourth-order valence-corrected chi connectivity index (χ4v) is 3.47. The maximum absolute atomic E-state index is 11.5. The SMILES string of the molecule is CCOC(=O)CC(C)N1C2CCC1CC(O)C2. The average Bonchev–Trinajstić information content (AvgIpc) is 2.51. The van der Waals surface area contributed by atoms with Gasteiger partial charge in [-0.05, 0) is 39.5 Å². The van der Waals surface area contributed by atoms with Crippen LogP contribution in [0.15, 0.2) is 0 Å². The van der Waals surface area contributed by atoms with Gasteiger partial charge in [-0.3, -0.25) is 9.69 Å². The van der Waals surface area contributed by atoms with Gasteiger partial charge in [-0.2, -0.15) is 0 Å². The molecule has 0 saturated carbocycles. The van der Waals surface area contributed by atoms with Gasteiger partial charge in [0.1, 0.15) is 0 Å². The second kappa shape index (κ2) is 5.36. The highest BCUT2D eigenvalue weighted by atomic mass is 16.5. The molecule has 2 aliphatic heterocycles. The van der Waals surface area contributed by atoms with Crippen LogP contribution in [0, 0.1) is 0 Å². The summed E-state index contributed by atoms with van der Waals surface area (Å²) in [7, 11) is 0. The first-order chi connectivity index (χ1) is 8.11. The molecule has 3 unspecified atom stereocenters. The van der Waals surface area contributed by atoms with Crippen molar-refractivity contribution >= 4 is 5.97 Å². The number of carbonyl (C=O) groups excluding carboxylic acids is 1. The Morgan fingerprint density at radius 2 is 2.00 bits per heavy atom. The van der Waals surface area contributed by atoms with Gasteiger partial charge in [0, 0.05) is 18.1 Å². The van der Waals surface area contributed by atoms with E-state index in [1.165, 1.54) is 0 Å². The van der Waals surface area contributed by atoms with Crippen LogP contribution in [0.25, 0.3) is 0 Å². The summed E-state index contributed by atoms with van der Waals surface area (Å²) < 4.78 is 5.00. The van der Waals surface area contributed by atoms with E-state index in [4.69, 9.17) is 4.74 Å². The van der Waals surface area contributed by atoms with Gasteiger partial charge < -0.3 is 9.84 Å². The summed E-state index contributed by atoms with van der Waals surface area (Å²) in [5.74, 6) is -0.106. The van der Waals surface area contributed by atoms with Crippen molar-refractivity contribution in [2.24, 2.45) is 0 Å². The molecule has 2 saturated heterocycles. The number of esters is 1. The molecule has 2 rings (SSSR count). The molecule has 98 valence electrons. The summed E-state index contributed by atoms with van der Waals surface area (Å²) in [5.41, 5.74) is 0. The Morgan fingerprint density at radius 3 is 2.53 bits per heavy atom. The normalized spacial score (nSPS) is 34.6. The molecular weight excluding hydrogens is 218 g/mol. The molecule has 0 aromatic heterocycles. The number of aliphatic hydroxyl groups is 1. The van der Waals surface area contributed by atoms with Gasteiger partial charge in [0.2, 0.25) is 0 Å². The number of hydrogen-bond acceptors (Lipinski definition) is 4. The molecule has 17 heavy (non-hydrogen) atoms. The van der Waals surface area contributed by atoms with Gasteiger partial charge in [-0.1, -0.05) is 0 Å². The highest BCUT2D eigenvalue weighted by molar-refractivity contribution is 5.70. The Kier molecular flexibility index (Phi) is 4.05. The average molecular weight is 241 g/mol. The van der Waals surface area contributed by atoms with Gasteiger partial charge in [0.05, 0.1) is 19.1 Å². The van der Waals surface area contributed by atoms with Gasteiger partial charge in [-0.25, -0.2) is 0 Å². The second-order valence-electron chi connectivity index (χ2n) is 5.32. The summed E-state index contributed by atoms with van der Waals surface area (Å²) in [6.45, 7) is 4.39. The quantitative estimate of drug-likeness (QED) is 0.754. The first-order valence-corrected chi connectivity index (χ1v) is 6.73. The van der Waals surface area contributed by atoms with Crippen LogP contribution >= 0.6 is 0 Å². The van der Waals surface area contributed by atoms with Crippen molar-refractivity contribution in [1.82, 2.24) is 4.90 Å². The van der Waals surface area contributed by atoms with Crippen molar-refractivity contribution in [3.05, 3.63) is 0 Å². The number of piperidine rings is 1. The summed E-state index contributed by atoms with van der Waals surface area (Å²) in [5, 5.41) is 9.74. The van der Waals surface area contributed by atoms with Gasteiger partial charge >= 0.3 is 5.97 Å². The number of aliphatic hydroxyl groups excluding tert-OH is 1. The standard InChI is InChI=1S/C13H23NO3/c1-3-17-13(16)6-9(2)14-10-4-5-11(14)8-12(15)7-10/h9-12,15H,3-8H2,1-2H3. The molecule has 4 nitrogen and oxygen atoms in total. The van der Waals surface area contributed by atoms with Gasteiger partial charge in [-0.15, -0.1) is 0 Å². The maximum Gasteiger partial charge on any atom is 0.307 e. The molecule has 0 aromatic carbocycles. The Labute approximate surface area is 103 Å². The van der Waals surface area contributed by atoms with Crippen LogP contribution in [0.3, 0.4) is 0 Å². The predicted octanol–water partition coefficient (Wildman–Crippen LogP) is 1.32. The second-order valence-corrected chi connectivity index (χ2v) is 5.32. The van der Waals surface area contributed by atoms with E-state index in [-0.39, 0.29) is 18.1 Å². The minimum Gasteiger partial charge on any atom is -0.466 e. The van der Waals surface area contributed by atoms with E-state index in [9.17, 15) is 9.90 Å². The van der Waals surface area contributed by atoms with Crippen LogP contribution in [-0.2, 0) is 9.53 Å². The van der Waals surface area contributed by atoms with E-state index in [1.807, 2.05) is 6.92 Å². The van der Waals surface area contributed by atoms with Crippen LogP contribution in [0.4, 0.5) is 0 Å². The molecule has 0 radical (unpaired) electrons. The van der Waals surface area contributed by atoms with E-state index >= 15 is 0 Å². The van der Waals surface area contributed by atoms with Crippen molar-refractivity contribution in [3.8, 4) is 0 Å². The molecular formula is C13H23NO3. The first kappa shape index (κ1) is 12.8. The zero-order valence-corrected chi connectivity index (χ0v) is 10.8. The Hall–Kier alpha value is -0.610. The first-order valence-electron chi connectivity index (χ1n) is 6.73. The van der Waals surface area contributed by atoms with Gasteiger partial charge in [0.15, 0.2) is 0 Å². The molecule has 2 fully saturated rings. The molecule has 0 spiro atoms. The molecule has 3 atom stereocenters. The van der Waals surface area contributed by atoms with Crippen molar-refractivity contribution in [2.45, 2.75) is 70.2 Å². The topological polar surface area (TPSA) is 49.8 Å². The minimum absolute atomic E-state index is 0.106. The maximum atomic E-state index is 11.5. The number of ether oxygens (including phenoxy) is 1. The Bertz CT molecular complexity index is 268. The molecule has 2 aliphatic rings. The lowest BCUT2D eigenvalue weighted by atomic mass is 9.97. The summed E-state index contributed by atoms with van der Waals surface area (Å²) >= 11 is 0. The van der Waals surface area contributed by atoms with E-state index in [0.29, 0.717) is 25.1 Å². The highest BCUT2D eigenvalue weighted by Crippen LogP contribution is 2.37. The smallest absolute Gasteiger partial charge is 0.307 e. The monoisotopic (exact) mass is 241 g/mol. The van der Waals surface area contributed by atoms with Crippen LogP contribution in [0.1, 0.15) is 46.0 Å². The van der Waals surface area contributed by atoms with Crippen LogP contribution in [0.5, 0.6) is 0 Å². The lowest BCUT2D eigenvalue weighted by molar-refractivity contribution is -0.145. The van der Waals surface area contributed by atoms with Gasteiger partial charge in [0.25, 0.3) is 0 Å². The Morgan fingerprint density at radius 1 is 1.41 bits per heavy atom. The Balaban J connectivity index is 1.91. The van der Waals surface area contributed by atoms with Crippen LogP contribution < -0.4 is 0 Å². The fraction of sp³-hybridized carbons (Fsp3) is 0.923. The molecule has 1 N–H and O–H groups in total. The molecule has 0 amide bonds. The third kappa shape index (κ3) is 2.80. The van der Waals surface area contributed by atoms with Crippen molar-refractivity contribution < 1.29 is 14.6 Å². The molecule has 4 heteroatoms. The molecule has 2 bridgehead atoms. The van der Waals surface area contributed by atoms with Crippen LogP contribution in [0.2, 0.25) is 0 Å². The number of nitrogens with zero attached hydrogens (tertiary/aromatic N) is 1. The fourth-order valence-electron chi connectivity index (χ4n) is 3.47. The van der Waals surface area contributed by atoms with Crippen molar-refractivity contribution in [1.29, 1.82) is 0 Å². The van der Waals surface area contributed by atoms with E-state index < -0.39 is 0 Å². The third-order valence-corrected chi connectivity index (χ3v) is 4.04. The summed E-state index contributed by atoms with van der Waals surface area (Å²) in [4.78, 5) is 13.9. The van der Waals surface area contributed by atoms with E-state index in [0.717, 1.165) is 25.7 Å². The lowest BCUT2D eigenvalue weighted by Crippen LogP contribution is -2.49. The van der Waals surface area contributed by atoms with Crippen LogP contribution in [-0.4, -0.2) is 46.8 Å². The number of rotatable bonds is 4. The minimum atomic E-state index is -0.140. The molecule has 0 aromatic rings. The van der Waals surface area contributed by atoms with E-state index in [1.54, 1.807) is 0 Å². The number of carbonyl (C=O) groups is 1. The molecule has 2 heterocycles. The number of fused-ring (bicyclic) bond motifs is 2. The highest BCUT2D eigenvalue weighted by Gasteiger charge is 2.42. The zero-order chi connectivity index (χ0) is 12.4. The summed E-state index contributed by atoms with van der Waals surface area (Å²) in [6.07, 6.45) is 4.38. The predicted molar refractivity (Wildman–Crippen MR) is 64.6 cm³/mol. The van der Waals surface area contributed by atoms with Crippen molar-refractivity contribution in [3.63, 3.8) is 0 Å². The van der Waals surface area contributed by atoms with E-state index in [2.05, 4.69) is 11.8 Å².